The van der Waals surface area contributed by atoms with E-state index < -0.39 is 11.7 Å². The Morgan fingerprint density at radius 1 is 1.20 bits per heavy atom. The molecular formula is C19H17FN2O3. The molecule has 0 radical (unpaired) electrons. The molecule has 5 nitrogen and oxygen atoms in total. The van der Waals surface area contributed by atoms with Crippen LogP contribution >= 0.6 is 0 Å². The zero-order chi connectivity index (χ0) is 18.0. The van der Waals surface area contributed by atoms with E-state index in [0.29, 0.717) is 23.4 Å². The Labute approximate surface area is 143 Å². The van der Waals surface area contributed by atoms with Gasteiger partial charge in [0.1, 0.15) is 17.1 Å². The lowest BCUT2D eigenvalue weighted by atomic mass is 10.1. The lowest BCUT2D eigenvalue weighted by molar-refractivity contribution is 0.102. The van der Waals surface area contributed by atoms with Crippen molar-refractivity contribution < 1.29 is 13.9 Å². The summed E-state index contributed by atoms with van der Waals surface area (Å²) in [5.74, 6) is -0.393. The molecule has 3 aromatic rings. The molecule has 0 aliphatic carbocycles. The maximum atomic E-state index is 13.0. The number of hydrogen-bond donors (Lipinski definition) is 1. The van der Waals surface area contributed by atoms with Crippen LogP contribution in [0, 0.1) is 5.82 Å². The van der Waals surface area contributed by atoms with Crippen molar-refractivity contribution in [3.63, 3.8) is 0 Å². The van der Waals surface area contributed by atoms with Gasteiger partial charge in [-0.1, -0.05) is 0 Å². The highest BCUT2D eigenvalue weighted by molar-refractivity contribution is 6.05. The van der Waals surface area contributed by atoms with E-state index in [1.807, 2.05) is 11.5 Å². The molecule has 0 aliphatic rings. The first kappa shape index (κ1) is 16.7. The second-order valence-corrected chi connectivity index (χ2v) is 5.50. The van der Waals surface area contributed by atoms with Gasteiger partial charge in [0.25, 0.3) is 5.91 Å². The molecule has 0 atom stereocenters. The first-order valence-corrected chi connectivity index (χ1v) is 7.81. The Morgan fingerprint density at radius 3 is 2.56 bits per heavy atom. The Bertz CT molecular complexity index is 994. The van der Waals surface area contributed by atoms with Gasteiger partial charge in [-0.25, -0.2) is 4.39 Å². The predicted molar refractivity (Wildman–Crippen MR) is 94.8 cm³/mol. The smallest absolute Gasteiger partial charge is 0.261 e. The van der Waals surface area contributed by atoms with Crippen molar-refractivity contribution in [1.82, 2.24) is 4.57 Å². The van der Waals surface area contributed by atoms with Crippen molar-refractivity contribution in [3.05, 3.63) is 70.3 Å². The number of anilines is 1. The van der Waals surface area contributed by atoms with E-state index in [9.17, 15) is 14.0 Å². The molecule has 0 saturated heterocycles. The lowest BCUT2D eigenvalue weighted by Crippen LogP contribution is -2.23. The Morgan fingerprint density at radius 2 is 1.92 bits per heavy atom. The van der Waals surface area contributed by atoms with Crippen molar-refractivity contribution >= 4 is 22.5 Å². The van der Waals surface area contributed by atoms with E-state index in [-0.39, 0.29) is 11.0 Å². The molecular weight excluding hydrogens is 323 g/mol. The number of hydrogen-bond acceptors (Lipinski definition) is 3. The van der Waals surface area contributed by atoms with E-state index >= 15 is 0 Å². The summed E-state index contributed by atoms with van der Waals surface area (Å²) in [5.41, 5.74) is 0.788. The molecule has 1 N–H and O–H groups in total. The summed E-state index contributed by atoms with van der Waals surface area (Å²) in [7, 11) is 1.52. The standard InChI is InChI=1S/C19H17FN2O3/c1-3-22-11-16(19(24)21-13-6-4-12(20)5-7-13)18(23)15-10-14(25-2)8-9-17(15)22/h4-11H,3H2,1-2H3,(H,21,24). The van der Waals surface area contributed by atoms with Crippen molar-refractivity contribution in [3.8, 4) is 5.75 Å². The average Bonchev–Trinajstić information content (AvgIpc) is 2.63. The fraction of sp³-hybridized carbons (Fsp3) is 0.158. The molecule has 0 bridgehead atoms. The van der Waals surface area contributed by atoms with Crippen LogP contribution in [0.5, 0.6) is 5.75 Å². The third-order valence-corrected chi connectivity index (χ3v) is 3.97. The van der Waals surface area contributed by atoms with Crippen LogP contribution in [0.3, 0.4) is 0 Å². The monoisotopic (exact) mass is 340 g/mol. The number of carbonyl (C=O) groups excluding carboxylic acids is 1. The maximum absolute atomic E-state index is 13.0. The zero-order valence-corrected chi connectivity index (χ0v) is 13.9. The van der Waals surface area contributed by atoms with Crippen molar-refractivity contribution in [1.29, 1.82) is 0 Å². The first-order chi connectivity index (χ1) is 12.0. The second-order valence-electron chi connectivity index (χ2n) is 5.50. The number of nitrogens with one attached hydrogen (secondary N) is 1. The molecule has 25 heavy (non-hydrogen) atoms. The molecule has 6 heteroatoms. The number of halogens is 1. The first-order valence-electron chi connectivity index (χ1n) is 7.81. The van der Waals surface area contributed by atoms with Gasteiger partial charge in [-0.3, -0.25) is 9.59 Å². The summed E-state index contributed by atoms with van der Waals surface area (Å²) in [6, 6.07) is 10.5. The highest BCUT2D eigenvalue weighted by Gasteiger charge is 2.16. The molecule has 0 spiro atoms. The summed E-state index contributed by atoms with van der Waals surface area (Å²) in [4.78, 5) is 25.3. The van der Waals surface area contributed by atoms with E-state index in [2.05, 4.69) is 5.32 Å². The minimum Gasteiger partial charge on any atom is -0.497 e. The highest BCUT2D eigenvalue weighted by Crippen LogP contribution is 2.19. The highest BCUT2D eigenvalue weighted by atomic mass is 19.1. The molecule has 3 rings (SSSR count). The van der Waals surface area contributed by atoms with E-state index in [1.54, 1.807) is 18.2 Å². The molecule has 1 heterocycles. The van der Waals surface area contributed by atoms with Crippen LogP contribution in [0.4, 0.5) is 10.1 Å². The van der Waals surface area contributed by atoms with Gasteiger partial charge in [0.2, 0.25) is 5.43 Å². The van der Waals surface area contributed by atoms with Crippen LogP contribution in [0.1, 0.15) is 17.3 Å². The average molecular weight is 340 g/mol. The van der Waals surface area contributed by atoms with Gasteiger partial charge in [0.05, 0.1) is 18.0 Å². The normalized spacial score (nSPS) is 10.7. The SMILES string of the molecule is CCn1cc(C(=O)Nc2ccc(F)cc2)c(=O)c2cc(OC)ccc21. The van der Waals surface area contributed by atoms with Gasteiger partial charge in [-0.2, -0.15) is 0 Å². The summed E-state index contributed by atoms with van der Waals surface area (Å²) < 4.78 is 20.0. The topological polar surface area (TPSA) is 60.3 Å². The quantitative estimate of drug-likeness (QED) is 0.792. The van der Waals surface area contributed by atoms with Crippen molar-refractivity contribution in [2.24, 2.45) is 0 Å². The summed E-state index contributed by atoms with van der Waals surface area (Å²) in [6.07, 6.45) is 1.54. The van der Waals surface area contributed by atoms with Gasteiger partial charge in [-0.05, 0) is 49.4 Å². The fourth-order valence-corrected chi connectivity index (χ4v) is 2.66. The Balaban J connectivity index is 2.08. The lowest BCUT2D eigenvalue weighted by Gasteiger charge is -2.12. The van der Waals surface area contributed by atoms with Crippen LogP contribution < -0.4 is 15.5 Å². The molecule has 0 saturated carbocycles. The van der Waals surface area contributed by atoms with Crippen LogP contribution in [0.25, 0.3) is 10.9 Å². The number of ether oxygens (including phenoxy) is 1. The number of nitrogens with zero attached hydrogens (tertiary/aromatic N) is 1. The largest absolute Gasteiger partial charge is 0.497 e. The number of amides is 1. The van der Waals surface area contributed by atoms with Crippen LogP contribution in [0.15, 0.2) is 53.5 Å². The minimum absolute atomic E-state index is 0.0203. The molecule has 0 fully saturated rings. The minimum atomic E-state index is -0.538. The summed E-state index contributed by atoms with van der Waals surface area (Å²) in [5, 5.41) is 3.03. The van der Waals surface area contributed by atoms with E-state index in [4.69, 9.17) is 4.74 Å². The Hall–Kier alpha value is -3.15. The predicted octanol–water partition coefficient (Wildman–Crippen LogP) is 3.42. The van der Waals surface area contributed by atoms with E-state index in [1.165, 1.54) is 37.6 Å². The molecule has 2 aromatic carbocycles. The molecule has 0 aliphatic heterocycles. The number of methoxy groups -OCH3 is 1. The third-order valence-electron chi connectivity index (χ3n) is 3.97. The molecule has 0 unspecified atom stereocenters. The Kier molecular flexibility index (Phi) is 4.52. The van der Waals surface area contributed by atoms with Crippen LogP contribution in [-0.4, -0.2) is 17.6 Å². The summed E-state index contributed by atoms with van der Waals surface area (Å²) >= 11 is 0. The second kappa shape index (κ2) is 6.76. The van der Waals surface area contributed by atoms with Gasteiger partial charge in [-0.15, -0.1) is 0 Å². The zero-order valence-electron chi connectivity index (χ0n) is 13.9. The molecule has 1 aromatic heterocycles. The number of aryl methyl sites for hydroxylation is 1. The van der Waals surface area contributed by atoms with Gasteiger partial charge in [0, 0.05) is 18.4 Å². The number of fused-ring (bicyclic) bond motifs is 1. The number of aromatic nitrogens is 1. The fourth-order valence-electron chi connectivity index (χ4n) is 2.66. The number of carbonyl (C=O) groups is 1. The van der Waals surface area contributed by atoms with E-state index in [0.717, 1.165) is 5.52 Å². The maximum Gasteiger partial charge on any atom is 0.261 e. The van der Waals surface area contributed by atoms with Gasteiger partial charge >= 0.3 is 0 Å². The van der Waals surface area contributed by atoms with Crippen molar-refractivity contribution in [2.75, 3.05) is 12.4 Å². The van der Waals surface area contributed by atoms with Crippen LogP contribution in [0.2, 0.25) is 0 Å². The third kappa shape index (κ3) is 3.24. The van der Waals surface area contributed by atoms with Gasteiger partial charge < -0.3 is 14.6 Å². The van der Waals surface area contributed by atoms with Gasteiger partial charge in [0.15, 0.2) is 0 Å². The number of pyridine rings is 1. The number of benzene rings is 2. The number of rotatable bonds is 4. The van der Waals surface area contributed by atoms with Crippen LogP contribution in [-0.2, 0) is 6.54 Å². The molecule has 1 amide bonds. The van der Waals surface area contributed by atoms with Crippen molar-refractivity contribution in [2.45, 2.75) is 13.5 Å². The summed E-state index contributed by atoms with van der Waals surface area (Å²) in [6.45, 7) is 2.52. The molecule has 128 valence electrons.